The van der Waals surface area contributed by atoms with E-state index in [1.165, 1.54) is 37.2 Å². The largest absolute Gasteiger partial charge is 0.293 e. The highest BCUT2D eigenvalue weighted by Gasteiger charge is 2.53. The molecule has 0 spiro atoms. The Balaban J connectivity index is 2.15. The Morgan fingerprint density at radius 1 is 1.29 bits per heavy atom. The molecule has 2 fully saturated rings. The third-order valence-electron chi connectivity index (χ3n) is 3.93. The summed E-state index contributed by atoms with van der Waals surface area (Å²) in [5, 5.41) is 0. The number of carbonyl (C=O) groups is 1. The standard InChI is InChI=1S/C12H21OS/c1-10-6-5-7-12(2,11(10)13)14-8-3-4-9-14/h10H,3-9H2,1-2H3/q+1. The Labute approximate surface area is 90.0 Å². The summed E-state index contributed by atoms with van der Waals surface area (Å²) in [6, 6.07) is 0. The average Bonchev–Trinajstić information content (AvgIpc) is 2.67. The minimum atomic E-state index is 0.0775. The molecule has 80 valence electrons. The third kappa shape index (κ3) is 1.62. The second-order valence-electron chi connectivity index (χ2n) is 5.00. The van der Waals surface area contributed by atoms with Crippen LogP contribution < -0.4 is 0 Å². The summed E-state index contributed by atoms with van der Waals surface area (Å²) in [6.45, 7) is 4.37. The quantitative estimate of drug-likeness (QED) is 0.612. The topological polar surface area (TPSA) is 17.1 Å². The van der Waals surface area contributed by atoms with Crippen LogP contribution in [0.2, 0.25) is 0 Å². The van der Waals surface area contributed by atoms with Gasteiger partial charge in [0.2, 0.25) is 0 Å². The SMILES string of the molecule is CC1CCCC(C)([S+]2CCCC2)C1=O. The fourth-order valence-electron chi connectivity index (χ4n) is 2.91. The number of ketones is 1. The van der Waals surface area contributed by atoms with Gasteiger partial charge in [-0.1, -0.05) is 6.92 Å². The maximum absolute atomic E-state index is 12.2. The molecular weight excluding hydrogens is 192 g/mol. The molecule has 2 unspecified atom stereocenters. The maximum Gasteiger partial charge on any atom is 0.190 e. The summed E-state index contributed by atoms with van der Waals surface area (Å²) in [5.41, 5.74) is 0. The van der Waals surface area contributed by atoms with Crippen LogP contribution in [0.5, 0.6) is 0 Å². The minimum Gasteiger partial charge on any atom is -0.293 e. The fourth-order valence-corrected chi connectivity index (χ4v) is 6.04. The van der Waals surface area contributed by atoms with E-state index in [1.54, 1.807) is 0 Å². The fraction of sp³-hybridized carbons (Fsp3) is 0.917. The molecule has 1 saturated carbocycles. The van der Waals surface area contributed by atoms with Crippen molar-refractivity contribution in [1.29, 1.82) is 0 Å². The molecular formula is C12H21OS+. The first-order valence-corrected chi connectivity index (χ1v) is 7.43. The zero-order valence-corrected chi connectivity index (χ0v) is 10.2. The van der Waals surface area contributed by atoms with Gasteiger partial charge in [0.25, 0.3) is 0 Å². The number of hydrogen-bond donors (Lipinski definition) is 0. The van der Waals surface area contributed by atoms with Crippen molar-refractivity contribution in [1.82, 2.24) is 0 Å². The minimum absolute atomic E-state index is 0.0775. The van der Waals surface area contributed by atoms with Gasteiger partial charge in [-0.2, -0.15) is 0 Å². The predicted molar refractivity (Wildman–Crippen MR) is 62.8 cm³/mol. The van der Waals surface area contributed by atoms with E-state index in [0.717, 1.165) is 6.42 Å². The second kappa shape index (κ2) is 3.88. The molecule has 0 bridgehead atoms. The summed E-state index contributed by atoms with van der Waals surface area (Å²) in [5.74, 6) is 3.57. The van der Waals surface area contributed by atoms with Crippen LogP contribution in [0.3, 0.4) is 0 Å². The normalized spacial score (nSPS) is 40.4. The third-order valence-corrected chi connectivity index (χ3v) is 7.17. The van der Waals surface area contributed by atoms with Crippen LogP contribution >= 0.6 is 0 Å². The van der Waals surface area contributed by atoms with E-state index in [-0.39, 0.29) is 4.75 Å². The second-order valence-corrected chi connectivity index (χ2v) is 7.70. The summed E-state index contributed by atoms with van der Waals surface area (Å²) < 4.78 is 0.0775. The monoisotopic (exact) mass is 213 g/mol. The molecule has 2 heteroatoms. The molecule has 2 atom stereocenters. The molecule has 2 rings (SSSR count). The van der Waals surface area contributed by atoms with Gasteiger partial charge in [-0.25, -0.2) is 0 Å². The number of carbonyl (C=O) groups excluding carboxylic acids is 1. The molecule has 14 heavy (non-hydrogen) atoms. The molecule has 0 aromatic heterocycles. The average molecular weight is 213 g/mol. The van der Waals surface area contributed by atoms with Crippen molar-refractivity contribution in [3.05, 3.63) is 0 Å². The van der Waals surface area contributed by atoms with Crippen LogP contribution in [0, 0.1) is 5.92 Å². The molecule has 0 amide bonds. The zero-order chi connectivity index (χ0) is 10.2. The molecule has 2 aliphatic rings. The molecule has 1 heterocycles. The Hall–Kier alpha value is 0.0200. The highest BCUT2D eigenvalue weighted by atomic mass is 32.2. The van der Waals surface area contributed by atoms with Crippen molar-refractivity contribution in [3.8, 4) is 0 Å². The van der Waals surface area contributed by atoms with E-state index in [2.05, 4.69) is 13.8 Å². The van der Waals surface area contributed by atoms with Gasteiger partial charge in [0.1, 0.15) is 11.5 Å². The van der Waals surface area contributed by atoms with Crippen molar-refractivity contribution in [2.75, 3.05) is 11.5 Å². The van der Waals surface area contributed by atoms with E-state index < -0.39 is 0 Å². The van der Waals surface area contributed by atoms with Crippen molar-refractivity contribution < 1.29 is 4.79 Å². The molecule has 1 nitrogen and oxygen atoms in total. The molecule has 1 aliphatic heterocycles. The van der Waals surface area contributed by atoms with Crippen LogP contribution in [-0.4, -0.2) is 22.0 Å². The Kier molecular flexibility index (Phi) is 2.92. The lowest BCUT2D eigenvalue weighted by Crippen LogP contribution is -2.49. The lowest BCUT2D eigenvalue weighted by Gasteiger charge is -2.33. The van der Waals surface area contributed by atoms with Crippen molar-refractivity contribution in [3.63, 3.8) is 0 Å². The van der Waals surface area contributed by atoms with E-state index in [1.807, 2.05) is 0 Å². The lowest BCUT2D eigenvalue weighted by atomic mass is 9.81. The number of hydrogen-bond acceptors (Lipinski definition) is 1. The highest BCUT2D eigenvalue weighted by molar-refractivity contribution is 7.99. The van der Waals surface area contributed by atoms with Gasteiger partial charge in [0, 0.05) is 23.2 Å². The first kappa shape index (κ1) is 10.5. The van der Waals surface area contributed by atoms with Gasteiger partial charge >= 0.3 is 0 Å². The van der Waals surface area contributed by atoms with Crippen LogP contribution in [-0.2, 0) is 15.7 Å². The van der Waals surface area contributed by atoms with Crippen LogP contribution in [0.15, 0.2) is 0 Å². The maximum atomic E-state index is 12.2. The van der Waals surface area contributed by atoms with Gasteiger partial charge < -0.3 is 0 Å². The van der Waals surface area contributed by atoms with Crippen molar-refractivity contribution in [2.45, 2.75) is 50.7 Å². The first-order valence-electron chi connectivity index (χ1n) is 5.86. The van der Waals surface area contributed by atoms with Crippen LogP contribution in [0.25, 0.3) is 0 Å². The van der Waals surface area contributed by atoms with E-state index >= 15 is 0 Å². The Morgan fingerprint density at radius 2 is 1.93 bits per heavy atom. The molecule has 0 aromatic carbocycles. The number of Topliss-reactive ketones (excluding diaryl/α,β-unsaturated/α-hetero) is 1. The van der Waals surface area contributed by atoms with Gasteiger partial charge in [-0.3, -0.25) is 4.79 Å². The summed E-state index contributed by atoms with van der Waals surface area (Å²) >= 11 is 0. The van der Waals surface area contributed by atoms with Gasteiger partial charge in [-0.15, -0.1) is 0 Å². The van der Waals surface area contributed by atoms with E-state index in [0.29, 0.717) is 22.6 Å². The predicted octanol–water partition coefficient (Wildman–Crippen LogP) is 2.55. The molecule has 0 N–H and O–H groups in total. The zero-order valence-electron chi connectivity index (χ0n) is 9.34. The molecule has 1 saturated heterocycles. The Bertz CT molecular complexity index is 232. The van der Waals surface area contributed by atoms with Crippen LogP contribution in [0.1, 0.15) is 46.0 Å². The first-order chi connectivity index (χ1) is 6.64. The summed E-state index contributed by atoms with van der Waals surface area (Å²) in [6.07, 6.45) is 6.29. The molecule has 0 radical (unpaired) electrons. The van der Waals surface area contributed by atoms with Gasteiger partial charge in [-0.05, 0) is 32.6 Å². The molecule has 1 aliphatic carbocycles. The summed E-state index contributed by atoms with van der Waals surface area (Å²) in [4.78, 5) is 12.2. The van der Waals surface area contributed by atoms with Gasteiger partial charge in [0.05, 0.1) is 0 Å². The van der Waals surface area contributed by atoms with Crippen molar-refractivity contribution >= 4 is 16.7 Å². The lowest BCUT2D eigenvalue weighted by molar-refractivity contribution is -0.126. The summed E-state index contributed by atoms with van der Waals surface area (Å²) in [7, 11) is 0.420. The highest BCUT2D eigenvalue weighted by Crippen LogP contribution is 2.39. The van der Waals surface area contributed by atoms with Gasteiger partial charge in [0.15, 0.2) is 10.5 Å². The van der Waals surface area contributed by atoms with Crippen LogP contribution in [0.4, 0.5) is 0 Å². The van der Waals surface area contributed by atoms with E-state index in [4.69, 9.17) is 0 Å². The van der Waals surface area contributed by atoms with Crippen molar-refractivity contribution in [2.24, 2.45) is 5.92 Å². The Morgan fingerprint density at radius 3 is 2.57 bits per heavy atom. The smallest absolute Gasteiger partial charge is 0.190 e. The number of rotatable bonds is 1. The van der Waals surface area contributed by atoms with E-state index in [9.17, 15) is 4.79 Å². The molecule has 0 aromatic rings.